The molecule has 1 aliphatic rings. The van der Waals surface area contributed by atoms with Gasteiger partial charge in [-0.25, -0.2) is 9.79 Å². The van der Waals surface area contributed by atoms with E-state index in [1.165, 1.54) is 7.11 Å². The van der Waals surface area contributed by atoms with E-state index in [-0.39, 0.29) is 5.90 Å². The number of esters is 1. The molecule has 0 N–H and O–H groups in total. The van der Waals surface area contributed by atoms with Crippen molar-refractivity contribution in [3.8, 4) is 0 Å². The van der Waals surface area contributed by atoms with E-state index in [4.69, 9.17) is 32.7 Å². The van der Waals surface area contributed by atoms with Crippen LogP contribution >= 0.6 is 23.2 Å². The molecule has 0 saturated carbocycles. The number of rotatable bonds is 3. The van der Waals surface area contributed by atoms with Gasteiger partial charge in [0, 0.05) is 0 Å². The van der Waals surface area contributed by atoms with Crippen LogP contribution in [0.25, 0.3) is 0 Å². The lowest BCUT2D eigenvalue weighted by atomic mass is 10.0. The minimum Gasteiger partial charge on any atom is -0.466 e. The van der Waals surface area contributed by atoms with Crippen molar-refractivity contribution in [1.29, 1.82) is 0 Å². The normalized spacial score (nSPS) is 22.6. The highest BCUT2D eigenvalue weighted by Gasteiger charge is 2.40. The van der Waals surface area contributed by atoms with E-state index in [1.807, 2.05) is 30.3 Å². The van der Waals surface area contributed by atoms with Gasteiger partial charge in [0.1, 0.15) is 6.04 Å². The largest absolute Gasteiger partial charge is 0.466 e. The second-order valence-electron chi connectivity index (χ2n) is 3.69. The summed E-state index contributed by atoms with van der Waals surface area (Å²) >= 11 is 11.4. The van der Waals surface area contributed by atoms with Crippen molar-refractivity contribution in [3.63, 3.8) is 0 Å². The molecule has 2 rings (SSSR count). The Morgan fingerprint density at radius 3 is 2.61 bits per heavy atom. The van der Waals surface area contributed by atoms with E-state index in [0.717, 1.165) is 5.56 Å². The summed E-state index contributed by atoms with van der Waals surface area (Å²) in [5.74, 6) is -0.362. The van der Waals surface area contributed by atoms with E-state index in [0.29, 0.717) is 0 Å². The first kappa shape index (κ1) is 13.2. The van der Waals surface area contributed by atoms with Crippen LogP contribution in [0.15, 0.2) is 35.3 Å². The monoisotopic (exact) mass is 287 g/mol. The Labute approximate surface area is 115 Å². The molecule has 0 aliphatic carbocycles. The lowest BCUT2D eigenvalue weighted by Crippen LogP contribution is -2.29. The van der Waals surface area contributed by atoms with Crippen LogP contribution in [0.1, 0.15) is 11.6 Å². The van der Waals surface area contributed by atoms with Gasteiger partial charge in [0.25, 0.3) is 0 Å². The second kappa shape index (κ2) is 5.59. The van der Waals surface area contributed by atoms with Gasteiger partial charge >= 0.3 is 5.97 Å². The molecule has 1 aromatic rings. The first-order valence-electron chi connectivity index (χ1n) is 5.28. The fourth-order valence-electron chi connectivity index (χ4n) is 1.73. The van der Waals surface area contributed by atoms with Crippen LogP contribution in [0.4, 0.5) is 0 Å². The Bertz CT molecular complexity index is 462. The first-order chi connectivity index (χ1) is 8.63. The maximum atomic E-state index is 11.7. The number of methoxy groups -OCH3 is 1. The van der Waals surface area contributed by atoms with E-state index in [2.05, 4.69) is 4.99 Å². The van der Waals surface area contributed by atoms with Gasteiger partial charge in [0.05, 0.1) is 7.11 Å². The van der Waals surface area contributed by atoms with E-state index in [1.54, 1.807) is 0 Å². The van der Waals surface area contributed by atoms with Crippen molar-refractivity contribution in [2.24, 2.45) is 4.99 Å². The molecule has 1 aromatic carbocycles. The summed E-state index contributed by atoms with van der Waals surface area (Å²) in [7, 11) is 1.30. The van der Waals surface area contributed by atoms with Crippen LogP contribution in [0.5, 0.6) is 0 Å². The van der Waals surface area contributed by atoms with Gasteiger partial charge in [-0.05, 0) is 5.56 Å². The minimum absolute atomic E-state index is 0.141. The number of alkyl halides is 2. The van der Waals surface area contributed by atoms with Gasteiger partial charge < -0.3 is 9.47 Å². The van der Waals surface area contributed by atoms with Gasteiger partial charge in [0.2, 0.25) is 12.0 Å². The van der Waals surface area contributed by atoms with Crippen LogP contribution in [0, 0.1) is 0 Å². The van der Waals surface area contributed by atoms with Crippen LogP contribution in [0.3, 0.4) is 0 Å². The summed E-state index contributed by atoms with van der Waals surface area (Å²) in [6.45, 7) is 0. The summed E-state index contributed by atoms with van der Waals surface area (Å²) in [5.41, 5.74) is 0.844. The third-order valence-corrected chi connectivity index (χ3v) is 2.94. The molecule has 0 amide bonds. The molecule has 2 atom stereocenters. The van der Waals surface area contributed by atoms with Gasteiger partial charge in [-0.3, -0.25) is 0 Å². The lowest BCUT2D eigenvalue weighted by Gasteiger charge is -2.15. The van der Waals surface area contributed by atoms with Crippen LogP contribution in [-0.4, -0.2) is 29.9 Å². The van der Waals surface area contributed by atoms with Crippen LogP contribution < -0.4 is 0 Å². The Hall–Kier alpha value is -1.26. The third-order valence-electron chi connectivity index (χ3n) is 2.56. The van der Waals surface area contributed by atoms with Crippen molar-refractivity contribution < 1.29 is 14.3 Å². The summed E-state index contributed by atoms with van der Waals surface area (Å²) in [4.78, 5) is 15.0. The average Bonchev–Trinajstić information content (AvgIpc) is 2.84. The van der Waals surface area contributed by atoms with Gasteiger partial charge in [0.15, 0.2) is 4.84 Å². The fraction of sp³-hybridized carbons (Fsp3) is 0.333. The number of benzene rings is 1. The fourth-order valence-corrected chi connectivity index (χ4v) is 1.95. The smallest absolute Gasteiger partial charge is 0.349 e. The number of aliphatic imine (C=N–C) groups is 1. The molecule has 4 nitrogen and oxygen atoms in total. The molecule has 0 aromatic heterocycles. The number of nitrogens with zero attached hydrogens (tertiary/aromatic N) is 1. The molecule has 0 fully saturated rings. The van der Waals surface area contributed by atoms with Crippen molar-refractivity contribution in [3.05, 3.63) is 35.9 Å². The molecule has 0 radical (unpaired) electrons. The van der Waals surface area contributed by atoms with E-state index >= 15 is 0 Å². The van der Waals surface area contributed by atoms with E-state index in [9.17, 15) is 4.79 Å². The number of ether oxygens (including phenoxy) is 2. The third kappa shape index (κ3) is 2.60. The Morgan fingerprint density at radius 1 is 1.39 bits per heavy atom. The highest BCUT2D eigenvalue weighted by molar-refractivity contribution is 6.53. The van der Waals surface area contributed by atoms with Crippen molar-refractivity contribution >= 4 is 35.1 Å². The van der Waals surface area contributed by atoms with Gasteiger partial charge in [-0.2, -0.15) is 0 Å². The molecular formula is C12H11Cl2NO3. The highest BCUT2D eigenvalue weighted by atomic mass is 35.5. The topological polar surface area (TPSA) is 47.9 Å². The number of carbonyl (C=O) groups is 1. The number of hydrogen-bond acceptors (Lipinski definition) is 4. The van der Waals surface area contributed by atoms with Crippen LogP contribution in [-0.2, 0) is 14.3 Å². The molecule has 0 bridgehead atoms. The Morgan fingerprint density at radius 2 is 2.06 bits per heavy atom. The molecule has 0 saturated heterocycles. The Balaban J connectivity index is 2.31. The molecule has 0 unspecified atom stereocenters. The summed E-state index contributed by atoms with van der Waals surface area (Å²) in [6.07, 6.45) is -0.840. The lowest BCUT2D eigenvalue weighted by molar-refractivity contribution is -0.149. The zero-order valence-electron chi connectivity index (χ0n) is 9.55. The molecular weight excluding hydrogens is 277 g/mol. The molecule has 0 spiro atoms. The average molecular weight is 288 g/mol. The van der Waals surface area contributed by atoms with Crippen molar-refractivity contribution in [2.45, 2.75) is 17.0 Å². The summed E-state index contributed by atoms with van der Waals surface area (Å²) in [6, 6.07) is 8.82. The van der Waals surface area contributed by atoms with Crippen molar-refractivity contribution in [1.82, 2.24) is 0 Å². The highest BCUT2D eigenvalue weighted by Crippen LogP contribution is 2.32. The van der Waals surface area contributed by atoms with Gasteiger partial charge in [-0.1, -0.05) is 53.5 Å². The molecule has 6 heteroatoms. The summed E-state index contributed by atoms with van der Waals surface area (Å²) in [5, 5.41) is 0. The number of carbonyl (C=O) groups excluding carboxylic acids is 1. The maximum absolute atomic E-state index is 11.7. The van der Waals surface area contributed by atoms with Gasteiger partial charge in [-0.15, -0.1) is 0 Å². The first-order valence-corrected chi connectivity index (χ1v) is 6.16. The predicted octanol–water partition coefficient (Wildman–Crippen LogP) is 2.50. The predicted molar refractivity (Wildman–Crippen MR) is 69.0 cm³/mol. The minimum atomic E-state index is -0.897. The zero-order chi connectivity index (χ0) is 13.1. The zero-order valence-corrected chi connectivity index (χ0v) is 11.1. The molecule has 18 heavy (non-hydrogen) atoms. The molecule has 1 aliphatic heterocycles. The number of halogens is 2. The van der Waals surface area contributed by atoms with Crippen molar-refractivity contribution in [2.75, 3.05) is 7.11 Å². The SMILES string of the molecule is COC(=O)[C@@H]1OC(C(Cl)Cl)=N[C@H]1c1ccccc1. The van der Waals surface area contributed by atoms with E-state index < -0.39 is 23.0 Å². The molecule has 1 heterocycles. The summed E-state index contributed by atoms with van der Waals surface area (Å²) < 4.78 is 10.0. The standard InChI is InChI=1S/C12H11Cl2NO3/c1-17-12(16)9-8(7-5-3-2-4-6-7)15-11(18-9)10(13)14/h2-6,8-10H,1H3/t8-,9+/m0/s1. The maximum Gasteiger partial charge on any atom is 0.349 e. The number of hydrogen-bond donors (Lipinski definition) is 0. The second-order valence-corrected chi connectivity index (χ2v) is 4.78. The quantitative estimate of drug-likeness (QED) is 0.634. The van der Waals surface area contributed by atoms with Crippen LogP contribution in [0.2, 0.25) is 0 Å². The molecule has 96 valence electrons. The Kier molecular flexibility index (Phi) is 4.09.